The Hall–Kier alpha value is -1.75. The fourth-order valence-corrected chi connectivity index (χ4v) is 1.71. The van der Waals surface area contributed by atoms with Crippen LogP contribution in [-0.4, -0.2) is 23.3 Å². The summed E-state index contributed by atoms with van der Waals surface area (Å²) in [4.78, 5) is 21.8. The maximum Gasteiger partial charge on any atom is 0.218 e. The highest BCUT2D eigenvalue weighted by atomic mass is 16.6. The molecular weight excluding hydrogens is 220 g/mol. The molecule has 0 spiro atoms. The summed E-state index contributed by atoms with van der Waals surface area (Å²) >= 11 is 0. The maximum absolute atomic E-state index is 11.9. The van der Waals surface area contributed by atoms with E-state index in [4.69, 9.17) is 5.73 Å². The number of Topliss-reactive ketones (excluding diaryl/α,β-unsaturated/α-hetero) is 1. The first-order chi connectivity index (χ1) is 8.00. The van der Waals surface area contributed by atoms with Gasteiger partial charge < -0.3 is 5.73 Å². The maximum atomic E-state index is 11.9. The molecule has 1 aromatic rings. The van der Waals surface area contributed by atoms with Gasteiger partial charge in [-0.15, -0.1) is 0 Å². The van der Waals surface area contributed by atoms with Crippen molar-refractivity contribution in [3.63, 3.8) is 0 Å². The Balaban J connectivity index is 2.56. The van der Waals surface area contributed by atoms with Gasteiger partial charge in [0, 0.05) is 16.4 Å². The van der Waals surface area contributed by atoms with Gasteiger partial charge in [0.1, 0.15) is 0 Å². The third-order valence-corrected chi connectivity index (χ3v) is 2.55. The number of ketones is 1. The van der Waals surface area contributed by atoms with Crippen LogP contribution in [0.4, 0.5) is 0 Å². The summed E-state index contributed by atoms with van der Waals surface area (Å²) in [7, 11) is 0. The van der Waals surface area contributed by atoms with Crippen LogP contribution in [0.5, 0.6) is 0 Å². The van der Waals surface area contributed by atoms with E-state index in [1.165, 1.54) is 0 Å². The summed E-state index contributed by atoms with van der Waals surface area (Å²) in [5.74, 6) is -0.322. The molecule has 5 heteroatoms. The number of hydrogen-bond acceptors (Lipinski definition) is 4. The standard InChI is InChI=1S/C12H16N2O3/c1-9(7-11(13)8-14(16)17)12(15)10-5-3-2-4-6-10/h2-6,9,11H,7-8,13H2,1H3. The first-order valence-corrected chi connectivity index (χ1v) is 5.47. The Bertz CT molecular complexity index is 392. The third kappa shape index (κ3) is 4.32. The first kappa shape index (κ1) is 13.3. The highest BCUT2D eigenvalue weighted by Crippen LogP contribution is 2.13. The van der Waals surface area contributed by atoms with Crippen LogP contribution < -0.4 is 5.73 Å². The molecule has 0 heterocycles. The van der Waals surface area contributed by atoms with Crippen LogP contribution >= 0.6 is 0 Å². The number of nitrogens with two attached hydrogens (primary N) is 1. The predicted molar refractivity (Wildman–Crippen MR) is 64.4 cm³/mol. The Kier molecular flexibility index (Phi) is 4.78. The summed E-state index contributed by atoms with van der Waals surface area (Å²) in [6, 6.07) is 8.30. The van der Waals surface area contributed by atoms with Crippen LogP contribution in [0.25, 0.3) is 0 Å². The summed E-state index contributed by atoms with van der Waals surface area (Å²) < 4.78 is 0. The Morgan fingerprint density at radius 1 is 1.41 bits per heavy atom. The van der Waals surface area contributed by atoms with Gasteiger partial charge in [0.05, 0.1) is 6.04 Å². The van der Waals surface area contributed by atoms with Crippen LogP contribution in [0, 0.1) is 16.0 Å². The molecule has 17 heavy (non-hydrogen) atoms. The molecule has 0 aliphatic rings. The smallest absolute Gasteiger partial charge is 0.218 e. The van der Waals surface area contributed by atoms with E-state index in [2.05, 4.69) is 0 Å². The minimum Gasteiger partial charge on any atom is -0.322 e. The molecule has 2 N–H and O–H groups in total. The van der Waals surface area contributed by atoms with E-state index in [1.807, 2.05) is 6.07 Å². The number of nitrogens with zero attached hydrogens (tertiary/aromatic N) is 1. The zero-order valence-electron chi connectivity index (χ0n) is 9.70. The molecule has 0 saturated heterocycles. The second-order valence-electron chi connectivity index (χ2n) is 4.14. The van der Waals surface area contributed by atoms with Gasteiger partial charge >= 0.3 is 0 Å². The fourth-order valence-electron chi connectivity index (χ4n) is 1.71. The van der Waals surface area contributed by atoms with Gasteiger partial charge in [0.2, 0.25) is 6.54 Å². The van der Waals surface area contributed by atoms with Crippen molar-refractivity contribution in [3.05, 3.63) is 46.0 Å². The minimum absolute atomic E-state index is 0.0237. The SMILES string of the molecule is CC(CC(N)C[N+](=O)[O-])C(=O)c1ccccc1. The van der Waals surface area contributed by atoms with Crippen molar-refractivity contribution in [1.82, 2.24) is 0 Å². The quantitative estimate of drug-likeness (QED) is 0.460. The van der Waals surface area contributed by atoms with E-state index in [1.54, 1.807) is 31.2 Å². The zero-order chi connectivity index (χ0) is 12.8. The van der Waals surface area contributed by atoms with Gasteiger partial charge in [-0.2, -0.15) is 0 Å². The zero-order valence-corrected chi connectivity index (χ0v) is 9.70. The molecular formula is C12H16N2O3. The molecule has 0 fully saturated rings. The van der Waals surface area contributed by atoms with Crippen LogP contribution in [-0.2, 0) is 0 Å². The van der Waals surface area contributed by atoms with Gasteiger partial charge in [-0.05, 0) is 6.42 Å². The second-order valence-corrected chi connectivity index (χ2v) is 4.14. The molecule has 0 radical (unpaired) electrons. The topological polar surface area (TPSA) is 86.2 Å². The van der Waals surface area contributed by atoms with Crippen LogP contribution in [0.2, 0.25) is 0 Å². The molecule has 92 valence electrons. The molecule has 1 rings (SSSR count). The van der Waals surface area contributed by atoms with Gasteiger partial charge in [0.25, 0.3) is 0 Å². The second kappa shape index (κ2) is 6.10. The number of carbonyl (C=O) groups is 1. The number of hydrogen-bond donors (Lipinski definition) is 1. The molecule has 0 amide bonds. The highest BCUT2D eigenvalue weighted by Gasteiger charge is 2.20. The lowest BCUT2D eigenvalue weighted by atomic mass is 9.93. The number of rotatable bonds is 6. The lowest BCUT2D eigenvalue weighted by Crippen LogP contribution is -2.32. The molecule has 0 aliphatic heterocycles. The highest BCUT2D eigenvalue weighted by molar-refractivity contribution is 5.97. The lowest BCUT2D eigenvalue weighted by molar-refractivity contribution is -0.482. The van der Waals surface area contributed by atoms with E-state index in [-0.39, 0.29) is 18.2 Å². The van der Waals surface area contributed by atoms with Crippen molar-refractivity contribution >= 4 is 5.78 Å². The van der Waals surface area contributed by atoms with Crippen molar-refractivity contribution in [2.75, 3.05) is 6.54 Å². The summed E-state index contributed by atoms with van der Waals surface area (Å²) in [6.45, 7) is 1.45. The fraction of sp³-hybridized carbons (Fsp3) is 0.417. The predicted octanol–water partition coefficient (Wildman–Crippen LogP) is 1.50. The monoisotopic (exact) mass is 236 g/mol. The molecule has 0 aliphatic carbocycles. The lowest BCUT2D eigenvalue weighted by Gasteiger charge is -2.13. The third-order valence-electron chi connectivity index (χ3n) is 2.55. The normalized spacial score (nSPS) is 14.0. The Morgan fingerprint density at radius 3 is 2.53 bits per heavy atom. The molecule has 2 atom stereocenters. The van der Waals surface area contributed by atoms with Crippen LogP contribution in [0.1, 0.15) is 23.7 Å². The average Bonchev–Trinajstić information content (AvgIpc) is 2.28. The summed E-state index contributed by atoms with van der Waals surface area (Å²) in [6.07, 6.45) is 0.328. The van der Waals surface area contributed by atoms with Crippen molar-refractivity contribution in [2.45, 2.75) is 19.4 Å². The van der Waals surface area contributed by atoms with Gasteiger partial charge in [-0.25, -0.2) is 0 Å². The first-order valence-electron chi connectivity index (χ1n) is 5.47. The average molecular weight is 236 g/mol. The summed E-state index contributed by atoms with van der Waals surface area (Å²) in [5, 5.41) is 10.3. The van der Waals surface area contributed by atoms with Crippen molar-refractivity contribution in [1.29, 1.82) is 0 Å². The largest absolute Gasteiger partial charge is 0.322 e. The number of benzene rings is 1. The molecule has 0 aromatic heterocycles. The van der Waals surface area contributed by atoms with Gasteiger partial charge in [-0.3, -0.25) is 14.9 Å². The Morgan fingerprint density at radius 2 is 2.00 bits per heavy atom. The summed E-state index contributed by atoms with van der Waals surface area (Å²) in [5.41, 5.74) is 6.22. The van der Waals surface area contributed by atoms with E-state index in [9.17, 15) is 14.9 Å². The van der Waals surface area contributed by atoms with Crippen LogP contribution in [0.3, 0.4) is 0 Å². The van der Waals surface area contributed by atoms with E-state index >= 15 is 0 Å². The van der Waals surface area contributed by atoms with Gasteiger partial charge in [-0.1, -0.05) is 37.3 Å². The number of nitro groups is 1. The van der Waals surface area contributed by atoms with E-state index in [0.717, 1.165) is 0 Å². The van der Waals surface area contributed by atoms with E-state index in [0.29, 0.717) is 12.0 Å². The Labute approximate surface area is 99.8 Å². The molecule has 2 unspecified atom stereocenters. The minimum atomic E-state index is -0.576. The number of carbonyl (C=O) groups excluding carboxylic acids is 1. The molecule has 5 nitrogen and oxygen atoms in total. The van der Waals surface area contributed by atoms with Crippen molar-refractivity contribution < 1.29 is 9.72 Å². The molecule has 0 saturated carbocycles. The molecule has 0 bridgehead atoms. The van der Waals surface area contributed by atoms with Crippen molar-refractivity contribution in [2.24, 2.45) is 11.7 Å². The van der Waals surface area contributed by atoms with E-state index < -0.39 is 11.0 Å². The van der Waals surface area contributed by atoms with Crippen LogP contribution in [0.15, 0.2) is 30.3 Å². The van der Waals surface area contributed by atoms with Gasteiger partial charge in [0.15, 0.2) is 5.78 Å². The molecule has 1 aromatic carbocycles. The van der Waals surface area contributed by atoms with Crippen molar-refractivity contribution in [3.8, 4) is 0 Å².